The maximum atomic E-state index is 5.64. The van der Waals surface area contributed by atoms with E-state index in [0.29, 0.717) is 0 Å². The van der Waals surface area contributed by atoms with Gasteiger partial charge in [-0.3, -0.25) is 9.88 Å². The lowest BCUT2D eigenvalue weighted by Gasteiger charge is -2.21. The molecule has 2 rings (SSSR count). The molecule has 0 bridgehead atoms. The quantitative estimate of drug-likeness (QED) is 0.866. The minimum atomic E-state index is 0.747. The number of hydrogen-bond acceptors (Lipinski definition) is 5. The van der Waals surface area contributed by atoms with E-state index >= 15 is 0 Å². The van der Waals surface area contributed by atoms with Crippen LogP contribution in [0, 0.1) is 6.92 Å². The van der Waals surface area contributed by atoms with Crippen LogP contribution < -0.4 is 10.5 Å². The summed E-state index contributed by atoms with van der Waals surface area (Å²) in [6.45, 7) is 9.11. The molecule has 0 aromatic carbocycles. The summed E-state index contributed by atoms with van der Waals surface area (Å²) in [5.74, 6) is 0.895. The minimum Gasteiger partial charge on any atom is -0.497 e. The Morgan fingerprint density at radius 2 is 1.95 bits per heavy atom. The van der Waals surface area contributed by atoms with Crippen molar-refractivity contribution in [3.05, 3.63) is 23.5 Å². The smallest absolute Gasteiger partial charge is 0.122 e. The van der Waals surface area contributed by atoms with Crippen LogP contribution in [0.15, 0.2) is 12.1 Å². The summed E-state index contributed by atoms with van der Waals surface area (Å²) < 4.78 is 5.32. The average molecular weight is 278 g/mol. The molecule has 1 fully saturated rings. The predicted molar refractivity (Wildman–Crippen MR) is 80.9 cm³/mol. The zero-order valence-electron chi connectivity index (χ0n) is 12.6. The van der Waals surface area contributed by atoms with Crippen LogP contribution in [0.25, 0.3) is 0 Å². The van der Waals surface area contributed by atoms with Crippen molar-refractivity contribution >= 4 is 0 Å². The molecule has 5 heteroatoms. The normalized spacial score (nSPS) is 17.9. The topological polar surface area (TPSA) is 54.6 Å². The first-order valence-electron chi connectivity index (χ1n) is 7.37. The fourth-order valence-electron chi connectivity index (χ4n) is 2.72. The van der Waals surface area contributed by atoms with Gasteiger partial charge in [0.05, 0.1) is 12.8 Å². The van der Waals surface area contributed by atoms with Crippen LogP contribution in [-0.4, -0.2) is 61.2 Å². The molecule has 0 spiro atoms. The van der Waals surface area contributed by atoms with Gasteiger partial charge in [0.2, 0.25) is 0 Å². The largest absolute Gasteiger partial charge is 0.497 e. The van der Waals surface area contributed by atoms with Crippen molar-refractivity contribution in [3.8, 4) is 5.75 Å². The number of ether oxygens (including phenoxy) is 1. The number of nitrogens with two attached hydrogens (primary N) is 1. The van der Waals surface area contributed by atoms with Gasteiger partial charge in [0.15, 0.2) is 0 Å². The van der Waals surface area contributed by atoms with Gasteiger partial charge in [0.1, 0.15) is 5.75 Å². The van der Waals surface area contributed by atoms with Gasteiger partial charge in [0.25, 0.3) is 0 Å². The Hall–Kier alpha value is -1.17. The van der Waals surface area contributed by atoms with Gasteiger partial charge in [-0.2, -0.15) is 0 Å². The molecule has 0 amide bonds. The molecule has 1 aliphatic rings. The maximum absolute atomic E-state index is 5.64. The minimum absolute atomic E-state index is 0.747. The Kier molecular flexibility index (Phi) is 5.76. The van der Waals surface area contributed by atoms with E-state index in [9.17, 15) is 0 Å². The number of pyridine rings is 1. The molecule has 1 saturated heterocycles. The van der Waals surface area contributed by atoms with Gasteiger partial charge in [-0.1, -0.05) is 0 Å². The number of methoxy groups -OCH3 is 1. The molecule has 5 nitrogen and oxygen atoms in total. The Morgan fingerprint density at radius 3 is 2.70 bits per heavy atom. The molecule has 0 unspecified atom stereocenters. The molecule has 0 saturated carbocycles. The number of aromatic nitrogens is 1. The van der Waals surface area contributed by atoms with E-state index in [1.807, 2.05) is 19.1 Å². The van der Waals surface area contributed by atoms with E-state index in [1.165, 1.54) is 6.42 Å². The zero-order chi connectivity index (χ0) is 14.4. The lowest BCUT2D eigenvalue weighted by molar-refractivity contribution is 0.252. The highest BCUT2D eigenvalue weighted by Crippen LogP contribution is 2.15. The third kappa shape index (κ3) is 4.44. The summed E-state index contributed by atoms with van der Waals surface area (Å²) in [5.41, 5.74) is 7.74. The van der Waals surface area contributed by atoms with E-state index in [-0.39, 0.29) is 0 Å². The van der Waals surface area contributed by atoms with Crippen LogP contribution in [-0.2, 0) is 6.54 Å². The fourth-order valence-corrected chi connectivity index (χ4v) is 2.72. The third-order valence-corrected chi connectivity index (χ3v) is 3.73. The Morgan fingerprint density at radius 1 is 1.20 bits per heavy atom. The number of nitrogens with zero attached hydrogens (tertiary/aromatic N) is 3. The van der Waals surface area contributed by atoms with Gasteiger partial charge < -0.3 is 15.4 Å². The molecule has 20 heavy (non-hydrogen) atoms. The van der Waals surface area contributed by atoms with E-state index in [0.717, 1.165) is 63.0 Å². The second-order valence-electron chi connectivity index (χ2n) is 5.40. The van der Waals surface area contributed by atoms with Crippen molar-refractivity contribution in [2.45, 2.75) is 19.9 Å². The van der Waals surface area contributed by atoms with E-state index in [4.69, 9.17) is 10.5 Å². The molecule has 1 aliphatic heterocycles. The monoisotopic (exact) mass is 278 g/mol. The summed E-state index contributed by atoms with van der Waals surface area (Å²) in [6.07, 6.45) is 1.20. The van der Waals surface area contributed by atoms with Crippen LogP contribution in [0.2, 0.25) is 0 Å². The molecule has 2 heterocycles. The highest BCUT2D eigenvalue weighted by Gasteiger charge is 2.15. The second kappa shape index (κ2) is 7.57. The van der Waals surface area contributed by atoms with Crippen LogP contribution in [0.1, 0.15) is 17.8 Å². The third-order valence-electron chi connectivity index (χ3n) is 3.73. The van der Waals surface area contributed by atoms with Crippen LogP contribution >= 0.6 is 0 Å². The molecule has 0 radical (unpaired) electrons. The first kappa shape index (κ1) is 15.2. The Balaban J connectivity index is 1.94. The van der Waals surface area contributed by atoms with Gasteiger partial charge in [-0.25, -0.2) is 0 Å². The average Bonchev–Trinajstić information content (AvgIpc) is 2.64. The lowest BCUT2D eigenvalue weighted by atomic mass is 10.2. The standard InChI is InChI=1S/C15H26N4O/c1-13-10-15(20-2)11-14(17-13)12-19-6-3-5-18(7-4-16)8-9-19/h10-11H,3-9,12,16H2,1-2H3. The molecule has 0 aliphatic carbocycles. The molecule has 112 valence electrons. The molecular weight excluding hydrogens is 252 g/mol. The molecule has 1 aromatic heterocycles. The van der Waals surface area contributed by atoms with Crippen molar-refractivity contribution in [2.75, 3.05) is 46.4 Å². The molecule has 2 N–H and O–H groups in total. The van der Waals surface area contributed by atoms with E-state index in [1.54, 1.807) is 7.11 Å². The molecular formula is C15H26N4O. The lowest BCUT2D eigenvalue weighted by Crippen LogP contribution is -2.33. The summed E-state index contributed by atoms with van der Waals surface area (Å²) >= 11 is 0. The van der Waals surface area contributed by atoms with Gasteiger partial charge in [-0.15, -0.1) is 0 Å². The van der Waals surface area contributed by atoms with Gasteiger partial charge in [0, 0.05) is 50.6 Å². The maximum Gasteiger partial charge on any atom is 0.122 e. The number of rotatable bonds is 5. The highest BCUT2D eigenvalue weighted by molar-refractivity contribution is 5.26. The van der Waals surface area contributed by atoms with Gasteiger partial charge in [-0.05, 0) is 26.4 Å². The van der Waals surface area contributed by atoms with Crippen molar-refractivity contribution in [2.24, 2.45) is 5.73 Å². The first-order chi connectivity index (χ1) is 9.71. The van der Waals surface area contributed by atoms with Gasteiger partial charge >= 0.3 is 0 Å². The second-order valence-corrected chi connectivity index (χ2v) is 5.40. The zero-order valence-corrected chi connectivity index (χ0v) is 12.6. The SMILES string of the molecule is COc1cc(C)nc(CN2CCCN(CCN)CC2)c1. The van der Waals surface area contributed by atoms with Crippen molar-refractivity contribution in [1.29, 1.82) is 0 Å². The van der Waals surface area contributed by atoms with Crippen molar-refractivity contribution < 1.29 is 4.74 Å². The Labute approximate surface area is 121 Å². The number of hydrogen-bond donors (Lipinski definition) is 1. The van der Waals surface area contributed by atoms with E-state index in [2.05, 4.69) is 14.8 Å². The summed E-state index contributed by atoms with van der Waals surface area (Å²) in [5, 5.41) is 0. The first-order valence-corrected chi connectivity index (χ1v) is 7.37. The van der Waals surface area contributed by atoms with Crippen molar-refractivity contribution in [1.82, 2.24) is 14.8 Å². The Bertz CT molecular complexity index is 424. The fraction of sp³-hybridized carbons (Fsp3) is 0.667. The van der Waals surface area contributed by atoms with Crippen LogP contribution in [0.5, 0.6) is 5.75 Å². The summed E-state index contributed by atoms with van der Waals surface area (Å²) in [7, 11) is 1.70. The molecule has 1 aromatic rings. The summed E-state index contributed by atoms with van der Waals surface area (Å²) in [4.78, 5) is 9.53. The molecule has 0 atom stereocenters. The highest BCUT2D eigenvalue weighted by atomic mass is 16.5. The van der Waals surface area contributed by atoms with Crippen molar-refractivity contribution in [3.63, 3.8) is 0 Å². The predicted octanol–water partition coefficient (Wildman–Crippen LogP) is 0.865. The summed E-state index contributed by atoms with van der Waals surface area (Å²) in [6, 6.07) is 4.00. The number of aryl methyl sites for hydroxylation is 1. The van der Waals surface area contributed by atoms with E-state index < -0.39 is 0 Å². The van der Waals surface area contributed by atoms with Crippen LogP contribution in [0.4, 0.5) is 0 Å². The van der Waals surface area contributed by atoms with Crippen LogP contribution in [0.3, 0.4) is 0 Å².